The van der Waals surface area contributed by atoms with Crippen LogP contribution in [-0.2, 0) is 4.79 Å². The maximum Gasteiger partial charge on any atom is 0.312 e. The number of hydrogen-bond acceptors (Lipinski definition) is 3. The molecule has 1 aliphatic heterocycles. The van der Waals surface area contributed by atoms with E-state index in [9.17, 15) is 9.59 Å². The van der Waals surface area contributed by atoms with Crippen molar-refractivity contribution in [2.75, 3.05) is 29.9 Å². The van der Waals surface area contributed by atoms with Gasteiger partial charge in [-0.25, -0.2) is 4.79 Å². The molecule has 1 saturated heterocycles. The molecule has 1 aromatic carbocycles. The van der Waals surface area contributed by atoms with Gasteiger partial charge in [0.15, 0.2) is 0 Å². The largest absolute Gasteiger partial charge is 0.372 e. The zero-order valence-corrected chi connectivity index (χ0v) is 14.2. The van der Waals surface area contributed by atoms with Crippen LogP contribution in [0, 0.1) is 0 Å². The lowest BCUT2D eigenvalue weighted by molar-refractivity contribution is -0.116. The molecule has 6 heteroatoms. The van der Waals surface area contributed by atoms with Crippen LogP contribution < -0.4 is 21.3 Å². The first-order valence-corrected chi connectivity index (χ1v) is 8.83. The molecule has 1 fully saturated rings. The van der Waals surface area contributed by atoms with E-state index >= 15 is 0 Å². The molecule has 1 heterocycles. The summed E-state index contributed by atoms with van der Waals surface area (Å²) in [7, 11) is 0. The summed E-state index contributed by atoms with van der Waals surface area (Å²) in [4.78, 5) is 24.9. The first-order chi connectivity index (χ1) is 11.6. The van der Waals surface area contributed by atoms with Gasteiger partial charge in [0, 0.05) is 37.4 Å². The minimum Gasteiger partial charge on any atom is -0.372 e. The van der Waals surface area contributed by atoms with Gasteiger partial charge in [-0.05, 0) is 49.9 Å². The number of benzene rings is 1. The predicted octanol–water partition coefficient (Wildman–Crippen LogP) is 2.84. The van der Waals surface area contributed by atoms with Crippen molar-refractivity contribution >= 4 is 23.3 Å². The normalized spacial score (nSPS) is 14.8. The van der Waals surface area contributed by atoms with E-state index in [4.69, 9.17) is 5.73 Å². The van der Waals surface area contributed by atoms with E-state index in [1.165, 1.54) is 31.4 Å². The maximum absolute atomic E-state index is 11.9. The van der Waals surface area contributed by atoms with E-state index < -0.39 is 6.03 Å². The van der Waals surface area contributed by atoms with Gasteiger partial charge in [0.2, 0.25) is 5.91 Å². The zero-order chi connectivity index (χ0) is 17.2. The van der Waals surface area contributed by atoms with Gasteiger partial charge in [-0.3, -0.25) is 4.79 Å². The van der Waals surface area contributed by atoms with Crippen molar-refractivity contribution in [3.8, 4) is 0 Å². The van der Waals surface area contributed by atoms with Crippen LogP contribution in [0.25, 0.3) is 0 Å². The first kappa shape index (κ1) is 18.1. The van der Waals surface area contributed by atoms with Crippen LogP contribution in [0.5, 0.6) is 0 Å². The highest BCUT2D eigenvalue weighted by atomic mass is 16.2. The number of amides is 3. The molecule has 1 aliphatic rings. The van der Waals surface area contributed by atoms with Crippen molar-refractivity contribution in [2.24, 2.45) is 5.73 Å². The number of rotatable bonds is 7. The van der Waals surface area contributed by atoms with Crippen LogP contribution in [0.3, 0.4) is 0 Å². The Kier molecular flexibility index (Phi) is 7.39. The lowest BCUT2D eigenvalue weighted by Crippen LogP contribution is -2.30. The lowest BCUT2D eigenvalue weighted by atomic mass is 10.2. The molecule has 24 heavy (non-hydrogen) atoms. The Morgan fingerprint density at radius 3 is 2.29 bits per heavy atom. The highest BCUT2D eigenvalue weighted by molar-refractivity contribution is 5.90. The summed E-state index contributed by atoms with van der Waals surface area (Å²) in [6.07, 6.45) is 7.04. The fraction of sp³-hybridized carbons (Fsp3) is 0.556. The number of hydrogen-bond donors (Lipinski definition) is 3. The number of carbonyl (C=O) groups excluding carboxylic acids is 2. The molecule has 0 unspecified atom stereocenters. The molecular weight excluding hydrogens is 304 g/mol. The van der Waals surface area contributed by atoms with Crippen LogP contribution in [-0.4, -0.2) is 31.6 Å². The molecule has 0 radical (unpaired) electrons. The molecule has 0 spiro atoms. The van der Waals surface area contributed by atoms with E-state index in [2.05, 4.69) is 27.7 Å². The summed E-state index contributed by atoms with van der Waals surface area (Å²) in [5, 5.41) is 5.43. The predicted molar refractivity (Wildman–Crippen MR) is 97.2 cm³/mol. The quantitative estimate of drug-likeness (QED) is 0.671. The second kappa shape index (κ2) is 9.80. The number of carbonyl (C=O) groups is 2. The Bertz CT molecular complexity index is 522. The SMILES string of the molecule is NC(=O)NCCCCC(=O)Nc1ccc(N2CCCCCC2)cc1. The number of primary amides is 1. The summed E-state index contributed by atoms with van der Waals surface area (Å²) >= 11 is 0. The molecular formula is C18H28N4O2. The zero-order valence-electron chi connectivity index (χ0n) is 14.2. The number of nitrogens with two attached hydrogens (primary N) is 1. The van der Waals surface area contributed by atoms with Gasteiger partial charge in [-0.2, -0.15) is 0 Å². The Hall–Kier alpha value is -2.24. The van der Waals surface area contributed by atoms with Crippen LogP contribution in [0.2, 0.25) is 0 Å². The molecule has 2 rings (SSSR count). The topological polar surface area (TPSA) is 87.5 Å². The molecule has 0 aromatic heterocycles. The molecule has 0 aliphatic carbocycles. The fourth-order valence-electron chi connectivity index (χ4n) is 2.93. The van der Waals surface area contributed by atoms with Crippen molar-refractivity contribution < 1.29 is 9.59 Å². The molecule has 0 atom stereocenters. The van der Waals surface area contributed by atoms with Gasteiger partial charge in [0.05, 0.1) is 0 Å². The van der Waals surface area contributed by atoms with Gasteiger partial charge in [0.25, 0.3) is 0 Å². The summed E-state index contributed by atoms with van der Waals surface area (Å²) < 4.78 is 0. The summed E-state index contributed by atoms with van der Waals surface area (Å²) in [5.74, 6) is -0.00315. The van der Waals surface area contributed by atoms with Gasteiger partial charge < -0.3 is 21.3 Å². The van der Waals surface area contributed by atoms with Crippen molar-refractivity contribution in [1.29, 1.82) is 0 Å². The van der Waals surface area contributed by atoms with E-state index in [0.29, 0.717) is 13.0 Å². The van der Waals surface area contributed by atoms with Crippen molar-refractivity contribution in [3.63, 3.8) is 0 Å². The van der Waals surface area contributed by atoms with E-state index in [1.807, 2.05) is 12.1 Å². The number of urea groups is 1. The Labute approximate surface area is 143 Å². The average Bonchev–Trinajstić information content (AvgIpc) is 2.84. The van der Waals surface area contributed by atoms with Crippen molar-refractivity contribution in [1.82, 2.24) is 5.32 Å². The molecule has 132 valence electrons. The first-order valence-electron chi connectivity index (χ1n) is 8.83. The van der Waals surface area contributed by atoms with E-state index in [0.717, 1.165) is 31.6 Å². The smallest absolute Gasteiger partial charge is 0.312 e. The van der Waals surface area contributed by atoms with Gasteiger partial charge in [0.1, 0.15) is 0 Å². The maximum atomic E-state index is 11.9. The Morgan fingerprint density at radius 2 is 1.67 bits per heavy atom. The third kappa shape index (κ3) is 6.48. The van der Waals surface area contributed by atoms with Crippen LogP contribution in [0.1, 0.15) is 44.9 Å². The van der Waals surface area contributed by atoms with Crippen molar-refractivity contribution in [3.05, 3.63) is 24.3 Å². The van der Waals surface area contributed by atoms with E-state index in [1.54, 1.807) is 0 Å². The standard InChI is InChI=1S/C18H28N4O2/c19-18(24)20-12-4-3-7-17(23)21-15-8-10-16(11-9-15)22-13-5-1-2-6-14-22/h8-11H,1-7,12-14H2,(H,21,23)(H3,19,20,24). The number of nitrogens with zero attached hydrogens (tertiary/aromatic N) is 1. The minimum atomic E-state index is -0.524. The highest BCUT2D eigenvalue weighted by Gasteiger charge is 2.10. The van der Waals surface area contributed by atoms with Gasteiger partial charge in [-0.1, -0.05) is 12.8 Å². The summed E-state index contributed by atoms with van der Waals surface area (Å²) in [6.45, 7) is 2.74. The molecule has 0 bridgehead atoms. The van der Waals surface area contributed by atoms with Gasteiger partial charge in [-0.15, -0.1) is 0 Å². The number of anilines is 2. The highest BCUT2D eigenvalue weighted by Crippen LogP contribution is 2.21. The van der Waals surface area contributed by atoms with Crippen LogP contribution in [0.15, 0.2) is 24.3 Å². The molecule has 1 aromatic rings. The number of nitrogens with one attached hydrogen (secondary N) is 2. The number of unbranched alkanes of at least 4 members (excludes halogenated alkanes) is 1. The third-order valence-corrected chi connectivity index (χ3v) is 4.25. The minimum absolute atomic E-state index is 0.00315. The fourth-order valence-corrected chi connectivity index (χ4v) is 2.93. The molecule has 4 N–H and O–H groups in total. The average molecular weight is 332 g/mol. The monoisotopic (exact) mass is 332 g/mol. The second-order valence-corrected chi connectivity index (χ2v) is 6.24. The molecule has 6 nitrogen and oxygen atoms in total. The summed E-state index contributed by atoms with van der Waals surface area (Å²) in [6, 6.07) is 7.57. The second-order valence-electron chi connectivity index (χ2n) is 6.24. The molecule has 3 amide bonds. The Balaban J connectivity index is 1.72. The Morgan fingerprint density at radius 1 is 1.00 bits per heavy atom. The van der Waals surface area contributed by atoms with Crippen molar-refractivity contribution in [2.45, 2.75) is 44.9 Å². The third-order valence-electron chi connectivity index (χ3n) is 4.25. The van der Waals surface area contributed by atoms with Crippen LogP contribution in [0.4, 0.5) is 16.2 Å². The van der Waals surface area contributed by atoms with Gasteiger partial charge >= 0.3 is 6.03 Å². The van der Waals surface area contributed by atoms with Crippen LogP contribution >= 0.6 is 0 Å². The molecule has 0 saturated carbocycles. The summed E-state index contributed by atoms with van der Waals surface area (Å²) in [5.41, 5.74) is 7.04. The van der Waals surface area contributed by atoms with E-state index in [-0.39, 0.29) is 5.91 Å². The lowest BCUT2D eigenvalue weighted by Gasteiger charge is -2.22.